The smallest absolute Gasteiger partial charge is 0.124 e. The fourth-order valence-corrected chi connectivity index (χ4v) is 2.93. The summed E-state index contributed by atoms with van der Waals surface area (Å²) in [6.45, 7) is 3.91. The first-order chi connectivity index (χ1) is 8.63. The van der Waals surface area contributed by atoms with Crippen LogP contribution in [0.25, 0.3) is 0 Å². The van der Waals surface area contributed by atoms with E-state index in [1.54, 1.807) is 25.1 Å². The molecule has 1 atom stereocenters. The summed E-state index contributed by atoms with van der Waals surface area (Å²) in [4.78, 5) is 2.21. The summed E-state index contributed by atoms with van der Waals surface area (Å²) in [5.74, 6) is 1.74. The number of rotatable bonds is 4. The molecule has 0 aliphatic heterocycles. The van der Waals surface area contributed by atoms with Crippen LogP contribution in [0.4, 0.5) is 0 Å². The fourth-order valence-electron chi connectivity index (χ4n) is 1.84. The molecular weight excluding hydrogens is 246 g/mol. The van der Waals surface area contributed by atoms with Gasteiger partial charge in [0.05, 0.1) is 18.3 Å². The van der Waals surface area contributed by atoms with Crippen LogP contribution in [-0.2, 0) is 0 Å². The second-order valence-corrected chi connectivity index (χ2v) is 5.19. The zero-order valence-corrected chi connectivity index (χ0v) is 11.6. The van der Waals surface area contributed by atoms with Crippen LogP contribution in [-0.4, -0.2) is 7.11 Å². The zero-order chi connectivity index (χ0) is 13.1. The van der Waals surface area contributed by atoms with Gasteiger partial charge in [0.25, 0.3) is 0 Å². The van der Waals surface area contributed by atoms with Gasteiger partial charge in [-0.1, -0.05) is 17.8 Å². The van der Waals surface area contributed by atoms with E-state index in [0.29, 0.717) is 0 Å². The van der Waals surface area contributed by atoms with Gasteiger partial charge in [0.2, 0.25) is 0 Å². The summed E-state index contributed by atoms with van der Waals surface area (Å²) < 4.78 is 10.7. The van der Waals surface area contributed by atoms with Crippen molar-refractivity contribution in [3.63, 3.8) is 0 Å². The first kappa shape index (κ1) is 13.1. The van der Waals surface area contributed by atoms with E-state index in [1.807, 2.05) is 32.0 Å². The van der Waals surface area contributed by atoms with Crippen molar-refractivity contribution in [1.82, 2.24) is 0 Å². The van der Waals surface area contributed by atoms with E-state index in [9.17, 15) is 0 Å². The van der Waals surface area contributed by atoms with E-state index in [2.05, 4.69) is 6.07 Å². The second kappa shape index (κ2) is 5.50. The molecule has 0 aliphatic rings. The third-order valence-electron chi connectivity index (χ3n) is 2.73. The largest absolute Gasteiger partial charge is 0.496 e. The van der Waals surface area contributed by atoms with E-state index in [-0.39, 0.29) is 6.04 Å². The first-order valence-electron chi connectivity index (χ1n) is 5.78. The van der Waals surface area contributed by atoms with Crippen LogP contribution in [0, 0.1) is 6.92 Å². The number of benzene rings is 1. The Morgan fingerprint density at radius 1 is 1.28 bits per heavy atom. The maximum atomic E-state index is 6.04. The third-order valence-corrected chi connectivity index (χ3v) is 3.95. The fraction of sp³-hybridized carbons (Fsp3) is 0.286. The van der Waals surface area contributed by atoms with E-state index in [0.717, 1.165) is 26.9 Å². The van der Waals surface area contributed by atoms with Crippen molar-refractivity contribution in [1.29, 1.82) is 0 Å². The van der Waals surface area contributed by atoms with E-state index in [4.69, 9.17) is 14.9 Å². The Morgan fingerprint density at radius 2 is 2.06 bits per heavy atom. The highest BCUT2D eigenvalue weighted by Gasteiger charge is 2.15. The molecule has 0 amide bonds. The Bertz CT molecular complexity index is 534. The second-order valence-electron chi connectivity index (χ2n) is 4.10. The number of ether oxygens (including phenoxy) is 1. The van der Waals surface area contributed by atoms with Crippen molar-refractivity contribution >= 4 is 11.8 Å². The van der Waals surface area contributed by atoms with Gasteiger partial charge in [0, 0.05) is 16.5 Å². The van der Waals surface area contributed by atoms with Crippen molar-refractivity contribution in [3.8, 4) is 5.75 Å². The lowest BCUT2D eigenvalue weighted by atomic mass is 10.1. The van der Waals surface area contributed by atoms with Crippen molar-refractivity contribution in [2.75, 3.05) is 7.11 Å². The van der Waals surface area contributed by atoms with Gasteiger partial charge < -0.3 is 14.9 Å². The molecule has 0 saturated heterocycles. The normalized spacial score (nSPS) is 12.4. The van der Waals surface area contributed by atoms with Gasteiger partial charge in [-0.15, -0.1) is 0 Å². The number of furan rings is 1. The van der Waals surface area contributed by atoms with Crippen LogP contribution < -0.4 is 10.5 Å². The molecule has 0 spiro atoms. The minimum absolute atomic E-state index is 0.0733. The molecule has 0 saturated carbocycles. The summed E-state index contributed by atoms with van der Waals surface area (Å²) in [7, 11) is 1.67. The molecule has 2 N–H and O–H groups in total. The molecule has 2 aromatic rings. The van der Waals surface area contributed by atoms with Gasteiger partial charge in [-0.2, -0.15) is 0 Å². The molecule has 2 rings (SSSR count). The minimum Gasteiger partial charge on any atom is -0.496 e. The van der Waals surface area contributed by atoms with Gasteiger partial charge in [0.1, 0.15) is 11.5 Å². The SMILES string of the molecule is COc1cccc(Sc2ccoc2C)c1[C@@H](C)N. The number of methoxy groups -OCH3 is 1. The Balaban J connectivity index is 2.41. The molecule has 1 aromatic heterocycles. The minimum atomic E-state index is -0.0733. The highest BCUT2D eigenvalue weighted by atomic mass is 32.2. The average Bonchev–Trinajstić information content (AvgIpc) is 2.74. The molecule has 0 radical (unpaired) electrons. The van der Waals surface area contributed by atoms with Crippen molar-refractivity contribution < 1.29 is 9.15 Å². The van der Waals surface area contributed by atoms with Crippen LogP contribution in [0.5, 0.6) is 5.75 Å². The third kappa shape index (κ3) is 2.54. The molecular formula is C14H17NO2S. The lowest BCUT2D eigenvalue weighted by molar-refractivity contribution is 0.405. The molecule has 96 valence electrons. The van der Waals surface area contributed by atoms with Crippen LogP contribution in [0.2, 0.25) is 0 Å². The van der Waals surface area contributed by atoms with Crippen LogP contribution in [0.3, 0.4) is 0 Å². The highest BCUT2D eigenvalue weighted by Crippen LogP contribution is 2.38. The van der Waals surface area contributed by atoms with Crippen LogP contribution in [0.1, 0.15) is 24.3 Å². The summed E-state index contributed by atoms with van der Waals surface area (Å²) >= 11 is 1.65. The van der Waals surface area contributed by atoms with E-state index >= 15 is 0 Å². The zero-order valence-electron chi connectivity index (χ0n) is 10.8. The van der Waals surface area contributed by atoms with Crippen molar-refractivity contribution in [3.05, 3.63) is 41.9 Å². The summed E-state index contributed by atoms with van der Waals surface area (Å²) in [6.07, 6.45) is 1.70. The molecule has 18 heavy (non-hydrogen) atoms. The predicted octanol–water partition coefficient (Wildman–Crippen LogP) is 3.77. The number of nitrogens with two attached hydrogens (primary N) is 1. The molecule has 0 bridgehead atoms. The number of hydrogen-bond donors (Lipinski definition) is 1. The topological polar surface area (TPSA) is 48.4 Å². The lowest BCUT2D eigenvalue weighted by Gasteiger charge is -2.16. The predicted molar refractivity (Wildman–Crippen MR) is 73.2 cm³/mol. The Kier molecular flexibility index (Phi) is 3.99. The standard InChI is InChI=1S/C14H17NO2S/c1-9(15)14-11(16-3)5-4-6-13(14)18-12-7-8-17-10(12)2/h4-9H,15H2,1-3H3/t9-/m1/s1. The summed E-state index contributed by atoms with van der Waals surface area (Å²) in [5.41, 5.74) is 7.07. The van der Waals surface area contributed by atoms with Crippen LogP contribution in [0.15, 0.2) is 44.7 Å². The quantitative estimate of drug-likeness (QED) is 0.912. The first-order valence-corrected chi connectivity index (χ1v) is 6.59. The number of aryl methyl sites for hydroxylation is 1. The van der Waals surface area contributed by atoms with Crippen molar-refractivity contribution in [2.45, 2.75) is 29.7 Å². The molecule has 0 aliphatic carbocycles. The van der Waals surface area contributed by atoms with Crippen LogP contribution >= 0.6 is 11.8 Å². The van der Waals surface area contributed by atoms with Gasteiger partial charge >= 0.3 is 0 Å². The molecule has 4 heteroatoms. The highest BCUT2D eigenvalue weighted by molar-refractivity contribution is 7.99. The van der Waals surface area contributed by atoms with Gasteiger partial charge in [-0.05, 0) is 32.0 Å². The van der Waals surface area contributed by atoms with E-state index < -0.39 is 0 Å². The maximum Gasteiger partial charge on any atom is 0.124 e. The summed E-state index contributed by atoms with van der Waals surface area (Å²) in [5, 5.41) is 0. The van der Waals surface area contributed by atoms with Gasteiger partial charge in [0.15, 0.2) is 0 Å². The molecule has 0 fully saturated rings. The maximum absolute atomic E-state index is 6.04. The summed E-state index contributed by atoms with van der Waals surface area (Å²) in [6, 6.07) is 7.85. The monoisotopic (exact) mass is 263 g/mol. The Morgan fingerprint density at radius 3 is 2.61 bits per heavy atom. The van der Waals surface area contributed by atoms with E-state index in [1.165, 1.54) is 0 Å². The molecule has 0 unspecified atom stereocenters. The molecule has 1 aromatic carbocycles. The Hall–Kier alpha value is -1.39. The molecule has 3 nitrogen and oxygen atoms in total. The average molecular weight is 263 g/mol. The van der Waals surface area contributed by atoms with Gasteiger partial charge in [-0.3, -0.25) is 0 Å². The van der Waals surface area contributed by atoms with Gasteiger partial charge in [-0.25, -0.2) is 0 Å². The van der Waals surface area contributed by atoms with Crippen molar-refractivity contribution in [2.24, 2.45) is 5.73 Å². The number of hydrogen-bond acceptors (Lipinski definition) is 4. The lowest BCUT2D eigenvalue weighted by Crippen LogP contribution is -2.08. The Labute approximate surface area is 111 Å². The molecule has 1 heterocycles.